The molecular weight excluding hydrogens is 428 g/mol. The van der Waals surface area contributed by atoms with E-state index in [0.717, 1.165) is 31.2 Å². The molecule has 2 fully saturated rings. The first-order valence-electron chi connectivity index (χ1n) is 11.7. The molecule has 1 N–H and O–H groups in total. The number of rotatable bonds is 4. The van der Waals surface area contributed by atoms with Crippen LogP contribution in [0.2, 0.25) is 0 Å². The molecule has 1 atom stereocenters. The van der Waals surface area contributed by atoms with Crippen LogP contribution in [0.25, 0.3) is 16.6 Å². The van der Waals surface area contributed by atoms with Crippen molar-refractivity contribution in [3.63, 3.8) is 0 Å². The lowest BCUT2D eigenvalue weighted by molar-refractivity contribution is 0.0938. The summed E-state index contributed by atoms with van der Waals surface area (Å²) in [4.78, 5) is 36.1. The number of fused-ring (bicyclic) bond motifs is 2. The Morgan fingerprint density at radius 1 is 1.21 bits per heavy atom. The summed E-state index contributed by atoms with van der Waals surface area (Å²) in [6, 6.07) is 7.00. The number of aryl methyl sites for hydroxylation is 1. The standard InChI is InChI=1S/C26H24N6O2/c1-15-21(24-27-13-4-14-31(24)30-15)25(33)28-16(2)23-29-20-6-3-5-18(10-9-17-7-8-17)22(20)26(34)32(23)19-11-12-19/h3-6,13-14,16-17,19H,7-8,11-12H2,1-2H3,(H,28,33). The predicted octanol–water partition coefficient (Wildman–Crippen LogP) is 3.34. The van der Waals surface area contributed by atoms with Crippen molar-refractivity contribution in [2.45, 2.75) is 51.6 Å². The first-order valence-corrected chi connectivity index (χ1v) is 11.7. The van der Waals surface area contributed by atoms with E-state index in [1.54, 1.807) is 34.5 Å². The summed E-state index contributed by atoms with van der Waals surface area (Å²) in [5.74, 6) is 7.18. The second-order valence-electron chi connectivity index (χ2n) is 9.16. The summed E-state index contributed by atoms with van der Waals surface area (Å²) in [6.07, 6.45) is 7.50. The highest BCUT2D eigenvalue weighted by atomic mass is 16.2. The highest BCUT2D eigenvalue weighted by Gasteiger charge is 2.31. The van der Waals surface area contributed by atoms with Gasteiger partial charge in [-0.2, -0.15) is 5.10 Å². The largest absolute Gasteiger partial charge is 0.342 e. The Kier molecular flexibility index (Phi) is 4.73. The van der Waals surface area contributed by atoms with E-state index < -0.39 is 6.04 Å². The van der Waals surface area contributed by atoms with Crippen LogP contribution in [0.4, 0.5) is 0 Å². The number of benzene rings is 1. The first-order chi connectivity index (χ1) is 16.5. The van der Waals surface area contributed by atoms with Crippen LogP contribution in [-0.4, -0.2) is 30.1 Å². The molecule has 4 aromatic rings. The molecule has 34 heavy (non-hydrogen) atoms. The number of nitrogens with one attached hydrogen (secondary N) is 1. The number of nitrogens with zero attached hydrogens (tertiary/aromatic N) is 5. The van der Waals surface area contributed by atoms with Gasteiger partial charge in [0.05, 0.1) is 22.6 Å². The fourth-order valence-corrected chi connectivity index (χ4v) is 4.36. The number of amides is 1. The zero-order chi connectivity index (χ0) is 23.4. The third-order valence-corrected chi connectivity index (χ3v) is 6.39. The van der Waals surface area contributed by atoms with E-state index in [1.165, 1.54) is 0 Å². The van der Waals surface area contributed by atoms with Crippen molar-refractivity contribution >= 4 is 22.5 Å². The summed E-state index contributed by atoms with van der Waals surface area (Å²) in [7, 11) is 0. The van der Waals surface area contributed by atoms with E-state index >= 15 is 0 Å². The average molecular weight is 453 g/mol. The molecule has 1 aromatic carbocycles. The lowest BCUT2D eigenvalue weighted by Gasteiger charge is -2.19. The SMILES string of the molecule is Cc1nn2cccnc2c1C(=O)NC(C)c1nc2cccc(C#CC3CC3)c2c(=O)n1C1CC1. The van der Waals surface area contributed by atoms with Crippen molar-refractivity contribution in [1.82, 2.24) is 29.5 Å². The van der Waals surface area contributed by atoms with Gasteiger partial charge in [0.15, 0.2) is 5.65 Å². The molecular formula is C26H24N6O2. The Morgan fingerprint density at radius 3 is 2.79 bits per heavy atom. The minimum absolute atomic E-state index is 0.0851. The van der Waals surface area contributed by atoms with Gasteiger partial charge >= 0.3 is 0 Å². The summed E-state index contributed by atoms with van der Waals surface area (Å²) in [5.41, 5.74) is 2.76. The van der Waals surface area contributed by atoms with Gasteiger partial charge in [0.2, 0.25) is 0 Å². The molecule has 8 heteroatoms. The third kappa shape index (κ3) is 3.54. The van der Waals surface area contributed by atoms with E-state index in [2.05, 4.69) is 27.2 Å². The Hall–Kier alpha value is -3.99. The molecule has 3 aromatic heterocycles. The van der Waals surface area contributed by atoms with Crippen molar-refractivity contribution in [2.24, 2.45) is 5.92 Å². The Morgan fingerprint density at radius 2 is 2.03 bits per heavy atom. The van der Waals surface area contributed by atoms with Gasteiger partial charge < -0.3 is 5.32 Å². The van der Waals surface area contributed by atoms with Crippen LogP contribution >= 0.6 is 0 Å². The minimum atomic E-state index is -0.482. The van der Waals surface area contributed by atoms with Crippen molar-refractivity contribution in [3.8, 4) is 11.8 Å². The van der Waals surface area contributed by atoms with Gasteiger partial charge in [-0.05, 0) is 57.7 Å². The van der Waals surface area contributed by atoms with Crippen LogP contribution < -0.4 is 10.9 Å². The van der Waals surface area contributed by atoms with E-state index in [9.17, 15) is 9.59 Å². The average Bonchev–Trinajstić information content (AvgIpc) is 3.74. The number of carbonyl (C=O) groups excluding carboxylic acids is 1. The normalized spacial score (nSPS) is 16.3. The topological polar surface area (TPSA) is 94.2 Å². The Balaban J connectivity index is 1.41. The van der Waals surface area contributed by atoms with Crippen molar-refractivity contribution in [2.75, 3.05) is 0 Å². The summed E-state index contributed by atoms with van der Waals surface area (Å²) in [5, 5.41) is 7.97. The molecule has 2 saturated carbocycles. The van der Waals surface area contributed by atoms with Crippen molar-refractivity contribution in [3.05, 3.63) is 69.7 Å². The van der Waals surface area contributed by atoms with Crippen LogP contribution in [0, 0.1) is 24.7 Å². The smallest absolute Gasteiger partial charge is 0.262 e. The number of carbonyl (C=O) groups is 1. The first kappa shape index (κ1) is 20.6. The zero-order valence-corrected chi connectivity index (χ0v) is 19.1. The third-order valence-electron chi connectivity index (χ3n) is 6.39. The maximum absolute atomic E-state index is 13.7. The number of hydrogen-bond donors (Lipinski definition) is 1. The lowest BCUT2D eigenvalue weighted by atomic mass is 10.1. The zero-order valence-electron chi connectivity index (χ0n) is 19.1. The summed E-state index contributed by atoms with van der Waals surface area (Å²) >= 11 is 0. The van der Waals surface area contributed by atoms with Crippen LogP contribution in [0.15, 0.2) is 41.5 Å². The van der Waals surface area contributed by atoms with Crippen molar-refractivity contribution < 1.29 is 4.79 Å². The monoisotopic (exact) mass is 452 g/mol. The summed E-state index contributed by atoms with van der Waals surface area (Å²) < 4.78 is 3.35. The van der Waals surface area contributed by atoms with Gasteiger partial charge in [0.25, 0.3) is 11.5 Å². The fourth-order valence-electron chi connectivity index (χ4n) is 4.36. The van der Waals surface area contributed by atoms with Crippen LogP contribution in [0.5, 0.6) is 0 Å². The molecule has 170 valence electrons. The molecule has 0 radical (unpaired) electrons. The predicted molar refractivity (Wildman–Crippen MR) is 127 cm³/mol. The van der Waals surface area contributed by atoms with Crippen molar-refractivity contribution in [1.29, 1.82) is 0 Å². The molecule has 3 heterocycles. The summed E-state index contributed by atoms with van der Waals surface area (Å²) in [6.45, 7) is 3.64. The maximum atomic E-state index is 13.7. The quantitative estimate of drug-likeness (QED) is 0.480. The maximum Gasteiger partial charge on any atom is 0.262 e. The molecule has 0 spiro atoms. The van der Waals surface area contributed by atoms with Crippen LogP contribution in [0.3, 0.4) is 0 Å². The Bertz CT molecular complexity index is 1580. The molecule has 0 saturated heterocycles. The van der Waals surface area contributed by atoms with Gasteiger partial charge in [-0.25, -0.2) is 14.5 Å². The van der Waals surface area contributed by atoms with Crippen LogP contribution in [0.1, 0.15) is 72.1 Å². The highest BCUT2D eigenvalue weighted by Crippen LogP contribution is 2.36. The second kappa shape index (κ2) is 7.80. The van der Waals surface area contributed by atoms with E-state index in [0.29, 0.717) is 39.5 Å². The van der Waals surface area contributed by atoms with Gasteiger partial charge in [-0.1, -0.05) is 17.9 Å². The number of hydrogen-bond acceptors (Lipinski definition) is 5. The molecule has 1 amide bonds. The van der Waals surface area contributed by atoms with Gasteiger partial charge in [-0.3, -0.25) is 14.2 Å². The molecule has 1 unspecified atom stereocenters. The van der Waals surface area contributed by atoms with E-state index in [-0.39, 0.29) is 17.5 Å². The minimum Gasteiger partial charge on any atom is -0.342 e. The van der Waals surface area contributed by atoms with E-state index in [4.69, 9.17) is 4.98 Å². The fraction of sp³-hybridized carbons (Fsp3) is 0.346. The second-order valence-corrected chi connectivity index (χ2v) is 9.16. The number of aromatic nitrogens is 5. The van der Waals surface area contributed by atoms with Crippen LogP contribution in [-0.2, 0) is 0 Å². The Labute approximate surface area is 196 Å². The van der Waals surface area contributed by atoms with Gasteiger partial charge in [-0.15, -0.1) is 0 Å². The molecule has 0 bridgehead atoms. The van der Waals surface area contributed by atoms with E-state index in [1.807, 2.05) is 25.1 Å². The molecule has 6 rings (SSSR count). The molecule has 2 aliphatic rings. The van der Waals surface area contributed by atoms with Gasteiger partial charge in [0, 0.05) is 29.9 Å². The highest BCUT2D eigenvalue weighted by molar-refractivity contribution is 6.01. The molecule has 8 nitrogen and oxygen atoms in total. The van der Waals surface area contributed by atoms with Gasteiger partial charge in [0.1, 0.15) is 11.4 Å². The molecule has 0 aliphatic heterocycles. The lowest BCUT2D eigenvalue weighted by Crippen LogP contribution is -2.34. The molecule has 2 aliphatic carbocycles.